The molecule has 2 aromatic rings. The van der Waals surface area contributed by atoms with Crippen molar-refractivity contribution in [2.24, 2.45) is 5.41 Å². The third kappa shape index (κ3) is 5.84. The fraction of sp³-hybridized carbons (Fsp3) is 0.458. The van der Waals surface area contributed by atoms with Crippen LogP contribution in [0.4, 0.5) is 15.8 Å². The van der Waals surface area contributed by atoms with Gasteiger partial charge in [0.15, 0.2) is 15.9 Å². The van der Waals surface area contributed by atoms with Gasteiger partial charge in [0, 0.05) is 18.3 Å². The van der Waals surface area contributed by atoms with Crippen LogP contribution in [-0.2, 0) is 14.6 Å². The molecule has 0 amide bonds. The molecule has 0 spiro atoms. The van der Waals surface area contributed by atoms with E-state index < -0.39 is 33.9 Å². The van der Waals surface area contributed by atoms with E-state index >= 15 is 0 Å². The number of anilines is 2. The first-order valence-corrected chi connectivity index (χ1v) is 13.9. The van der Waals surface area contributed by atoms with Gasteiger partial charge in [0.25, 0.3) is 0 Å². The van der Waals surface area contributed by atoms with Crippen molar-refractivity contribution >= 4 is 38.9 Å². The molecule has 186 valence electrons. The van der Waals surface area contributed by atoms with Crippen LogP contribution in [0.5, 0.6) is 5.75 Å². The number of carboxylic acid groups (broad SMARTS) is 1. The molecule has 34 heavy (non-hydrogen) atoms. The van der Waals surface area contributed by atoms with Crippen LogP contribution >= 0.6 is 11.8 Å². The lowest BCUT2D eigenvalue weighted by Crippen LogP contribution is -2.35. The summed E-state index contributed by atoms with van der Waals surface area (Å²) in [6, 6.07) is 9.06. The number of rotatable bonds is 9. The number of fused-ring (bicyclic) bond motifs is 1. The molecule has 0 saturated heterocycles. The lowest BCUT2D eigenvalue weighted by Gasteiger charge is -2.34. The Morgan fingerprint density at radius 1 is 1.29 bits per heavy atom. The van der Waals surface area contributed by atoms with Crippen LogP contribution in [0.2, 0.25) is 0 Å². The van der Waals surface area contributed by atoms with Gasteiger partial charge in [0.05, 0.1) is 21.2 Å². The highest BCUT2D eigenvalue weighted by molar-refractivity contribution is 7.98. The summed E-state index contributed by atoms with van der Waals surface area (Å²) >= 11 is 1.31. The maximum Gasteiger partial charge on any atom is 0.336 e. The molecule has 0 unspecified atom stereocenters. The highest BCUT2D eigenvalue weighted by atomic mass is 32.2. The molecule has 0 aromatic heterocycles. The minimum Gasteiger partial charge on any atom is -0.489 e. The van der Waals surface area contributed by atoms with E-state index in [2.05, 4.69) is 6.92 Å². The Labute approximate surface area is 203 Å². The molecule has 2 N–H and O–H groups in total. The highest BCUT2D eigenvalue weighted by Gasteiger charge is 2.40. The first-order chi connectivity index (χ1) is 16.0. The van der Waals surface area contributed by atoms with Crippen LogP contribution < -0.4 is 9.64 Å². The summed E-state index contributed by atoms with van der Waals surface area (Å²) in [5, 5.41) is 18.6. The zero-order valence-electron chi connectivity index (χ0n) is 19.5. The van der Waals surface area contributed by atoms with E-state index in [1.165, 1.54) is 30.0 Å². The van der Waals surface area contributed by atoms with Crippen LogP contribution in [0.15, 0.2) is 46.2 Å². The first kappa shape index (κ1) is 26.3. The van der Waals surface area contributed by atoms with E-state index in [-0.39, 0.29) is 22.2 Å². The molecule has 0 aliphatic carbocycles. The average molecular weight is 512 g/mol. The number of thioether (sulfide) groups is 1. The van der Waals surface area contributed by atoms with Crippen molar-refractivity contribution in [3.05, 3.63) is 42.2 Å². The number of hydrogen-bond donors (Lipinski definition) is 2. The third-order valence-corrected chi connectivity index (χ3v) is 8.74. The molecule has 2 aromatic carbocycles. The van der Waals surface area contributed by atoms with E-state index in [0.717, 1.165) is 12.8 Å². The second kappa shape index (κ2) is 10.5. The maximum absolute atomic E-state index is 13.7. The Balaban J connectivity index is 2.17. The molecule has 1 heterocycles. The molecule has 0 fully saturated rings. The van der Waals surface area contributed by atoms with Gasteiger partial charge in [-0.3, -0.25) is 0 Å². The van der Waals surface area contributed by atoms with Crippen LogP contribution in [0, 0.1) is 11.2 Å². The number of benzene rings is 2. The van der Waals surface area contributed by atoms with Crippen molar-refractivity contribution < 1.29 is 32.6 Å². The maximum atomic E-state index is 13.7. The molecule has 0 saturated carbocycles. The number of nitrogens with zero attached hydrogens (tertiary/aromatic N) is 1. The lowest BCUT2D eigenvalue weighted by atomic mass is 9.86. The summed E-state index contributed by atoms with van der Waals surface area (Å²) in [4.78, 5) is 13.5. The Hall–Kier alpha value is -2.30. The van der Waals surface area contributed by atoms with Crippen molar-refractivity contribution in [1.82, 2.24) is 0 Å². The number of carboxylic acids is 1. The Morgan fingerprint density at radius 2 is 1.97 bits per heavy atom. The Morgan fingerprint density at radius 3 is 2.56 bits per heavy atom. The second-order valence-corrected chi connectivity index (χ2v) is 11.7. The zero-order valence-corrected chi connectivity index (χ0v) is 21.1. The summed E-state index contributed by atoms with van der Waals surface area (Å²) < 4.78 is 46.4. The number of aliphatic hydroxyl groups excluding tert-OH is 1. The van der Waals surface area contributed by atoms with E-state index in [1.54, 1.807) is 24.5 Å². The van der Waals surface area contributed by atoms with Crippen LogP contribution in [-0.4, -0.2) is 55.9 Å². The largest absolute Gasteiger partial charge is 0.489 e. The summed E-state index contributed by atoms with van der Waals surface area (Å²) in [5.74, 6) is -1.69. The monoisotopic (exact) mass is 511 g/mol. The standard InChI is InChI=1S/C24H30FNO6S2/c1-4-5-10-24(2)14-26(17-8-6-16(25)7-9-17)18-11-21(33-3)20(32-13-19(27)23(28)29)12-22(18)34(30,31)15-24/h6-9,11-12,19,27H,4-5,10,13-15H2,1-3H3,(H,28,29)/t19-,24-/m1/s1. The lowest BCUT2D eigenvalue weighted by molar-refractivity contribution is -0.148. The summed E-state index contributed by atoms with van der Waals surface area (Å²) in [5.41, 5.74) is 0.578. The molecule has 3 rings (SSSR count). The van der Waals surface area contributed by atoms with Crippen molar-refractivity contribution in [3.63, 3.8) is 0 Å². The van der Waals surface area contributed by atoms with Gasteiger partial charge in [0.1, 0.15) is 18.2 Å². The molecule has 2 atom stereocenters. The van der Waals surface area contributed by atoms with Gasteiger partial charge in [-0.1, -0.05) is 26.7 Å². The van der Waals surface area contributed by atoms with E-state index in [9.17, 15) is 22.7 Å². The molecule has 0 bridgehead atoms. The van der Waals surface area contributed by atoms with Gasteiger partial charge in [-0.2, -0.15) is 0 Å². The third-order valence-electron chi connectivity index (χ3n) is 5.90. The van der Waals surface area contributed by atoms with Crippen molar-refractivity contribution in [1.29, 1.82) is 0 Å². The van der Waals surface area contributed by atoms with Crippen LogP contribution in [0.1, 0.15) is 33.1 Å². The molecule has 0 radical (unpaired) electrons. The van der Waals surface area contributed by atoms with E-state index in [4.69, 9.17) is 9.84 Å². The van der Waals surface area contributed by atoms with Crippen molar-refractivity contribution in [2.45, 2.75) is 49.0 Å². The molecular weight excluding hydrogens is 481 g/mol. The average Bonchev–Trinajstić information content (AvgIpc) is 2.87. The predicted octanol–water partition coefficient (Wildman–Crippen LogP) is 4.49. The van der Waals surface area contributed by atoms with Crippen LogP contribution in [0.3, 0.4) is 0 Å². The molecular formula is C24H30FNO6S2. The summed E-state index contributed by atoms with van der Waals surface area (Å²) in [6.07, 6.45) is 2.56. The molecule has 1 aliphatic heterocycles. The Kier molecular flexibility index (Phi) is 8.15. The topological polar surface area (TPSA) is 104 Å². The van der Waals surface area contributed by atoms with Crippen LogP contribution in [0.25, 0.3) is 0 Å². The number of sulfone groups is 1. The van der Waals surface area contributed by atoms with Crippen molar-refractivity contribution in [2.75, 3.05) is 30.1 Å². The number of carbonyl (C=O) groups is 1. The number of halogens is 1. The van der Waals surface area contributed by atoms with E-state index in [1.807, 2.05) is 11.8 Å². The SMILES string of the molecule is CCCC[C@]1(C)CN(c2ccc(F)cc2)c2cc(SC)c(OC[C@@H](O)C(=O)O)cc2S(=O)(=O)C1. The van der Waals surface area contributed by atoms with Crippen molar-refractivity contribution in [3.8, 4) is 5.75 Å². The number of unbranched alkanes of at least 4 members (excludes halogenated alkanes) is 1. The zero-order chi connectivity index (χ0) is 25.1. The predicted molar refractivity (Wildman–Crippen MR) is 130 cm³/mol. The molecule has 7 nitrogen and oxygen atoms in total. The fourth-order valence-electron chi connectivity index (χ4n) is 4.16. The fourth-order valence-corrected chi connectivity index (χ4v) is 6.79. The quantitative estimate of drug-likeness (QED) is 0.475. The second-order valence-electron chi connectivity index (χ2n) is 8.87. The summed E-state index contributed by atoms with van der Waals surface area (Å²) in [7, 11) is -3.75. The Bertz CT molecular complexity index is 1140. The minimum atomic E-state index is -3.75. The normalized spacial score (nSPS) is 20.3. The number of ether oxygens (including phenoxy) is 1. The minimum absolute atomic E-state index is 0.0645. The molecule has 10 heteroatoms. The first-order valence-electron chi connectivity index (χ1n) is 11.0. The van der Waals surface area contributed by atoms with Gasteiger partial charge in [-0.25, -0.2) is 17.6 Å². The number of aliphatic carboxylic acids is 1. The smallest absolute Gasteiger partial charge is 0.336 e. The van der Waals surface area contributed by atoms with Gasteiger partial charge < -0.3 is 19.8 Å². The molecule has 1 aliphatic rings. The number of hydrogen-bond acceptors (Lipinski definition) is 7. The summed E-state index contributed by atoms with van der Waals surface area (Å²) in [6.45, 7) is 3.92. The number of aliphatic hydroxyl groups is 1. The van der Waals surface area contributed by atoms with Gasteiger partial charge >= 0.3 is 5.97 Å². The van der Waals surface area contributed by atoms with Gasteiger partial charge in [-0.05, 0) is 48.4 Å². The highest BCUT2D eigenvalue weighted by Crippen LogP contribution is 2.46. The van der Waals surface area contributed by atoms with Gasteiger partial charge in [-0.15, -0.1) is 11.8 Å². The van der Waals surface area contributed by atoms with E-state index in [0.29, 0.717) is 29.2 Å². The van der Waals surface area contributed by atoms with Gasteiger partial charge in [0.2, 0.25) is 0 Å².